The van der Waals surface area contributed by atoms with Crippen LogP contribution in [0.15, 0.2) is 194 Å². The Morgan fingerprint density at radius 3 is 1.82 bits per heavy atom. The molecule has 11 aromatic rings. The van der Waals surface area contributed by atoms with Crippen LogP contribution < -0.4 is 89.4 Å². The number of carboxylic acid groups (broad SMARTS) is 6. The van der Waals surface area contributed by atoms with E-state index >= 15 is 0 Å². The zero-order valence-electron chi connectivity index (χ0n) is 68.1. The van der Waals surface area contributed by atoms with Crippen molar-refractivity contribution in [2.45, 2.75) is 140 Å². The molecule has 21 nitrogen and oxygen atoms in total. The van der Waals surface area contributed by atoms with Crippen molar-refractivity contribution in [2.75, 3.05) is 31.5 Å². The molecule has 0 spiro atoms. The number of halogens is 5. The van der Waals surface area contributed by atoms with Crippen LogP contribution in [0.2, 0.25) is 20.1 Å². The first-order chi connectivity index (χ1) is 56.4. The number of nitrogens with zero attached hydrogens (tertiary/aromatic N) is 2. The van der Waals surface area contributed by atoms with Gasteiger partial charge < -0.3 is 69.6 Å². The van der Waals surface area contributed by atoms with Gasteiger partial charge in [0.15, 0.2) is 5.38 Å². The molecule has 6 N–H and O–H groups in total. The fourth-order valence-corrected chi connectivity index (χ4v) is 16.0. The number of aliphatic carboxylic acids is 6. The molecular weight excluding hydrogens is 1660 g/mol. The number of rotatable bonds is 22. The van der Waals surface area contributed by atoms with E-state index in [0.717, 1.165) is 46.1 Å². The molecular formula is C92H91Cl5N4Na2O17. The van der Waals surface area contributed by atoms with E-state index in [1.807, 2.05) is 68.4 Å². The van der Waals surface area contributed by atoms with E-state index < -0.39 is 46.8 Å². The number of carbonyl (C=O) groups excluding carboxylic acids is 4. The van der Waals surface area contributed by atoms with E-state index in [1.165, 1.54) is 53.5 Å². The van der Waals surface area contributed by atoms with Crippen molar-refractivity contribution < 1.29 is 142 Å². The number of hydrogen-bond donors (Lipinski definition) is 6. The number of para-hydroxylation sites is 3. The Labute approximate surface area is 765 Å². The number of methoxy groups -OCH3 is 2. The predicted molar refractivity (Wildman–Crippen MR) is 457 cm³/mol. The number of nitrogens with one attached hydrogen (secondary N) is 2. The van der Waals surface area contributed by atoms with Gasteiger partial charge in [0.1, 0.15) is 11.5 Å². The molecule has 1 saturated heterocycles. The summed E-state index contributed by atoms with van der Waals surface area (Å²) in [5, 5.41) is 68.0. The molecule has 14 rings (SSSR count). The molecule has 2 aliphatic heterocycles. The average Bonchev–Trinajstić information content (AvgIpc) is 1.59. The average molecular weight is 1750 g/mol. The zero-order valence-corrected chi connectivity index (χ0v) is 75.8. The van der Waals surface area contributed by atoms with Crippen LogP contribution in [0.1, 0.15) is 165 Å². The number of ketones is 1. The summed E-state index contributed by atoms with van der Waals surface area (Å²) in [5.41, 5.74) is 12.6. The molecule has 4 heterocycles. The summed E-state index contributed by atoms with van der Waals surface area (Å²) < 4.78 is 19.5. The Kier molecular flexibility index (Phi) is 37.7. The second kappa shape index (κ2) is 46.2. The van der Waals surface area contributed by atoms with Crippen LogP contribution in [-0.4, -0.2) is 110 Å². The number of carbonyl (C=O) groups is 8. The Bertz CT molecular complexity index is 5440. The van der Waals surface area contributed by atoms with Crippen molar-refractivity contribution >= 4 is 144 Å². The second-order valence-electron chi connectivity index (χ2n) is 28.6. The molecule has 618 valence electrons. The Balaban J connectivity index is 0.000000199. The predicted octanol–water partition coefficient (Wildman–Crippen LogP) is 12.2. The van der Waals surface area contributed by atoms with Gasteiger partial charge in [-0.2, -0.15) is 0 Å². The van der Waals surface area contributed by atoms with Gasteiger partial charge in [-0.3, -0.25) is 33.3 Å². The maximum atomic E-state index is 13.0. The SMILES string of the molecule is CCc1cccc2c1NC1C2CCOC1(CC)CC(=O)O.COc1ccc2c(c1)c(CC(=O)O)c(C)n2C(=O)c1ccc(Cl)cc1.COc1ccc2cc(CC(=O)O)ccc2c1.Cc1ccc(C(=O)c2ccc(CC(=O)[O-])n2C)cc1.O=C(O)C(Cl)c1ccc(C2CCCCC2)c(Cl)c1.O=C([O-])Cc1ccccc1Nc1c(Cl)cccc1Cl.[Na+].[Na+]. The summed E-state index contributed by atoms with van der Waals surface area (Å²) in [4.78, 5) is 90.6. The molecule has 120 heavy (non-hydrogen) atoms. The van der Waals surface area contributed by atoms with Crippen LogP contribution in [0, 0.1) is 13.8 Å². The summed E-state index contributed by atoms with van der Waals surface area (Å²) in [6, 6.07) is 57.9. The van der Waals surface area contributed by atoms with E-state index in [1.54, 1.807) is 154 Å². The van der Waals surface area contributed by atoms with Gasteiger partial charge in [-0.25, -0.2) is 0 Å². The third-order valence-corrected chi connectivity index (χ3v) is 22.6. The van der Waals surface area contributed by atoms with E-state index in [4.69, 9.17) is 82.4 Å². The number of aromatic nitrogens is 2. The molecule has 3 aliphatic rings. The van der Waals surface area contributed by atoms with Crippen molar-refractivity contribution in [1.82, 2.24) is 9.13 Å². The summed E-state index contributed by atoms with van der Waals surface area (Å²) in [5.74, 6) is -3.96. The number of alkyl halides is 1. The van der Waals surface area contributed by atoms with E-state index in [2.05, 4.69) is 35.8 Å². The summed E-state index contributed by atoms with van der Waals surface area (Å²) in [6.45, 7) is 8.52. The largest absolute Gasteiger partial charge is 1.00 e. The third-order valence-electron chi connectivity index (χ3n) is 21.0. The van der Waals surface area contributed by atoms with Crippen molar-refractivity contribution in [3.8, 4) is 11.5 Å². The molecule has 9 aromatic carbocycles. The van der Waals surface area contributed by atoms with Gasteiger partial charge in [-0.05, 0) is 193 Å². The van der Waals surface area contributed by atoms with Crippen LogP contribution in [0.3, 0.4) is 0 Å². The minimum absolute atomic E-state index is 0. The monoisotopic (exact) mass is 1740 g/mol. The summed E-state index contributed by atoms with van der Waals surface area (Å²) >= 11 is 30.1. The normalized spacial score (nSPS) is 15.0. The number of ether oxygens (including phenoxy) is 3. The molecule has 2 fully saturated rings. The van der Waals surface area contributed by atoms with E-state index in [9.17, 15) is 58.8 Å². The smallest absolute Gasteiger partial charge is 0.550 e. The van der Waals surface area contributed by atoms with Crippen molar-refractivity contribution in [2.24, 2.45) is 7.05 Å². The minimum atomic E-state index is -1.16. The van der Waals surface area contributed by atoms with Crippen LogP contribution >= 0.6 is 58.0 Å². The summed E-state index contributed by atoms with van der Waals surface area (Å²) in [6.07, 6.45) is 8.36. The Morgan fingerprint density at radius 2 is 1.22 bits per heavy atom. The van der Waals surface area contributed by atoms with Gasteiger partial charge in [0, 0.05) is 93.7 Å². The minimum Gasteiger partial charge on any atom is -0.550 e. The van der Waals surface area contributed by atoms with Gasteiger partial charge in [0.2, 0.25) is 5.78 Å². The molecule has 1 aliphatic carbocycles. The number of carboxylic acids is 6. The molecule has 1 saturated carbocycles. The van der Waals surface area contributed by atoms with Gasteiger partial charge in [-0.15, -0.1) is 11.6 Å². The fourth-order valence-electron chi connectivity index (χ4n) is 14.9. The van der Waals surface area contributed by atoms with Crippen LogP contribution in [0.25, 0.3) is 21.7 Å². The maximum Gasteiger partial charge on any atom is 1.00 e. The van der Waals surface area contributed by atoms with Crippen LogP contribution in [0.5, 0.6) is 11.5 Å². The van der Waals surface area contributed by atoms with Gasteiger partial charge in [0.25, 0.3) is 5.91 Å². The standard InChI is InChI=1S/C19H16ClNO4.C17H23NO3.C15H15NO3.C14H11Cl2NO2.C14H16Cl2O2.C13H12O3.2Na/c1-11-15(10-18(22)23)16-9-14(25-2)7-8-17(16)21(11)19(24)12-3-5-13(20)6-4-12;1-3-11-6-5-7-12-13-8-9-21-17(4-2,10-14(19)20)16(13)18-15(11)12;1-10-3-5-11(6-4-10)15(19)13-8-7-12(16(13)2)9-14(17)18;15-10-5-3-6-11(16)14(10)17-12-7-2-1-4-9(12)8-13(18)19;15-12-8-10(13(16)14(17)18)6-7-11(12)9-4-2-1-3-5-9;1-16-12-5-4-10-6-9(7-13(14)15)2-3-11(10)8-12;;/h3-9H,10H2,1-2H3,(H,22,23);5-7,13,16,18H,3-4,8-10H2,1-2H3,(H,19,20);3-8H,9H2,1-2H3,(H,17,18);1-7,17H,8H2,(H,18,19);6-9,13H,1-5H2,(H,17,18);2-6,8H,7H2,1H3,(H,14,15);;/q;;;;;;2*+1/p-2. The third kappa shape index (κ3) is 25.7. The van der Waals surface area contributed by atoms with Gasteiger partial charge in [0.05, 0.1) is 72.1 Å². The molecule has 0 amide bonds. The number of hydrogen-bond acceptors (Lipinski definition) is 15. The Hall–Kier alpha value is -9.17. The van der Waals surface area contributed by atoms with Crippen LogP contribution in [0.4, 0.5) is 17.1 Å². The number of anilines is 3. The first kappa shape index (κ1) is 97.9. The van der Waals surface area contributed by atoms with Gasteiger partial charge in [-0.1, -0.05) is 188 Å². The fraction of sp³-hybridized carbons (Fsp3) is 0.283. The molecule has 4 atom stereocenters. The maximum absolute atomic E-state index is 13.0. The quantitative estimate of drug-likeness (QED) is 0.0209. The molecule has 0 radical (unpaired) electrons. The zero-order chi connectivity index (χ0) is 85.7. The Morgan fingerprint density at radius 1 is 0.608 bits per heavy atom. The van der Waals surface area contributed by atoms with E-state index in [0.29, 0.717) is 118 Å². The number of fused-ring (bicyclic) bond motifs is 5. The number of aryl methyl sites for hydroxylation is 2. The molecule has 2 aromatic heterocycles. The van der Waals surface area contributed by atoms with Crippen molar-refractivity contribution in [1.29, 1.82) is 0 Å². The molecule has 28 heteroatoms. The van der Waals surface area contributed by atoms with Gasteiger partial charge >= 0.3 is 83.0 Å². The first-order valence-electron chi connectivity index (χ1n) is 38.2. The van der Waals surface area contributed by atoms with E-state index in [-0.39, 0.29) is 109 Å². The van der Waals surface area contributed by atoms with Crippen molar-refractivity contribution in [3.05, 3.63) is 287 Å². The van der Waals surface area contributed by atoms with Crippen molar-refractivity contribution in [3.63, 3.8) is 0 Å². The number of benzene rings is 9. The summed E-state index contributed by atoms with van der Waals surface area (Å²) in [7, 11) is 4.85. The van der Waals surface area contributed by atoms with Crippen LogP contribution in [-0.2, 0) is 72.7 Å². The second-order valence-corrected chi connectivity index (χ2v) is 30.7. The first-order valence-corrected chi connectivity index (χ1v) is 40.2. The molecule has 0 bridgehead atoms. The topological polar surface area (TPSA) is 325 Å². The molecule has 4 unspecified atom stereocenters.